The zero-order valence-corrected chi connectivity index (χ0v) is 16.2. The quantitative estimate of drug-likeness (QED) is 0.238. The molecule has 2 aliphatic rings. The molecule has 2 unspecified atom stereocenters. The molecule has 0 aliphatic carbocycles. The summed E-state index contributed by atoms with van der Waals surface area (Å²) in [5, 5.41) is 3.76. The first kappa shape index (κ1) is 21.1. The van der Waals surface area contributed by atoms with Crippen molar-refractivity contribution >= 4 is 11.7 Å². The molecule has 11 heteroatoms. The van der Waals surface area contributed by atoms with Gasteiger partial charge in [-0.05, 0) is 24.6 Å². The van der Waals surface area contributed by atoms with E-state index >= 15 is 0 Å². The number of nitrogens with two attached hydrogens (primary N) is 3. The van der Waals surface area contributed by atoms with Crippen molar-refractivity contribution in [1.82, 2.24) is 15.3 Å². The topological polar surface area (TPSA) is 131 Å². The molecule has 1 saturated heterocycles. The Balaban J connectivity index is 1.73. The molecule has 0 amide bonds. The number of nitrogens with zero attached hydrogens (tertiary/aromatic N) is 4. The van der Waals surface area contributed by atoms with Crippen LogP contribution in [0.4, 0.5) is 8.78 Å². The smallest absolute Gasteiger partial charge is 0.187 e. The second-order valence-electron chi connectivity index (χ2n) is 7.09. The number of aliphatic imine (C=N–C) groups is 1. The van der Waals surface area contributed by atoms with Crippen LogP contribution in [0.5, 0.6) is 0 Å². The zero-order chi connectivity index (χ0) is 21.1. The van der Waals surface area contributed by atoms with Crippen LogP contribution in [0.3, 0.4) is 0 Å². The van der Waals surface area contributed by atoms with Crippen molar-refractivity contribution in [3.05, 3.63) is 47.7 Å². The average molecular weight is 408 g/mol. The van der Waals surface area contributed by atoms with Gasteiger partial charge < -0.3 is 21.1 Å². The molecule has 0 radical (unpaired) electrons. The van der Waals surface area contributed by atoms with Crippen LogP contribution in [0.25, 0.3) is 0 Å². The number of hydrogen-bond acceptors (Lipinski definition) is 8. The largest absolute Gasteiger partial charge is 0.379 e. The third-order valence-electron chi connectivity index (χ3n) is 5.18. The van der Waals surface area contributed by atoms with Gasteiger partial charge in [-0.25, -0.2) is 25.2 Å². The summed E-state index contributed by atoms with van der Waals surface area (Å²) in [5.41, 5.74) is 15.2. The average Bonchev–Trinajstić information content (AvgIpc) is 2.83. The Morgan fingerprint density at radius 2 is 2.17 bits per heavy atom. The number of amidine groups is 2. The molecule has 9 nitrogen and oxygen atoms in total. The van der Waals surface area contributed by atoms with E-state index in [-0.39, 0.29) is 17.4 Å². The fraction of sp³-hybridized carbons (Fsp3) is 0.444. The van der Waals surface area contributed by atoms with Gasteiger partial charge in [-0.15, -0.1) is 5.10 Å². The highest BCUT2D eigenvalue weighted by Gasteiger charge is 2.35. The van der Waals surface area contributed by atoms with Crippen LogP contribution in [0.15, 0.2) is 40.6 Å². The van der Waals surface area contributed by atoms with Crippen molar-refractivity contribution in [2.45, 2.75) is 24.6 Å². The molecular weight excluding hydrogens is 382 g/mol. The van der Waals surface area contributed by atoms with Gasteiger partial charge in [0, 0.05) is 36.9 Å². The van der Waals surface area contributed by atoms with Crippen LogP contribution >= 0.6 is 0 Å². The van der Waals surface area contributed by atoms with E-state index in [1.54, 1.807) is 11.9 Å². The van der Waals surface area contributed by atoms with E-state index in [9.17, 15) is 8.78 Å². The van der Waals surface area contributed by atoms with Gasteiger partial charge in [0.15, 0.2) is 11.7 Å². The summed E-state index contributed by atoms with van der Waals surface area (Å²) in [5.74, 6) is 4.70. The van der Waals surface area contributed by atoms with Gasteiger partial charge >= 0.3 is 0 Å². The van der Waals surface area contributed by atoms with Crippen LogP contribution < -0.4 is 22.8 Å². The number of hydrazone groups is 1. The van der Waals surface area contributed by atoms with Gasteiger partial charge in [0.05, 0.1) is 13.3 Å². The van der Waals surface area contributed by atoms with Crippen LogP contribution in [0.1, 0.15) is 18.1 Å². The first-order valence-corrected chi connectivity index (χ1v) is 9.13. The SMILES string of the molecule is C=C1CN(C2CO[C@H](c3cc(F)ccc3F)C(N)C2)CN=C(/C(N)=N/NN)N1C. The molecule has 1 fully saturated rings. The summed E-state index contributed by atoms with van der Waals surface area (Å²) < 4.78 is 33.5. The van der Waals surface area contributed by atoms with Gasteiger partial charge in [-0.3, -0.25) is 4.90 Å². The van der Waals surface area contributed by atoms with Crippen molar-refractivity contribution in [2.75, 3.05) is 26.9 Å². The highest BCUT2D eigenvalue weighted by atomic mass is 19.1. The number of nitrogens with one attached hydrogen (secondary N) is 1. The van der Waals surface area contributed by atoms with E-state index in [0.29, 0.717) is 32.1 Å². The Bertz CT molecular complexity index is 830. The minimum atomic E-state index is -0.711. The number of hydrazine groups is 1. The maximum absolute atomic E-state index is 14.1. The maximum atomic E-state index is 14.1. The van der Waals surface area contributed by atoms with Gasteiger partial charge in [0.25, 0.3) is 0 Å². The van der Waals surface area contributed by atoms with E-state index in [2.05, 4.69) is 22.2 Å². The zero-order valence-electron chi connectivity index (χ0n) is 16.2. The van der Waals surface area contributed by atoms with E-state index < -0.39 is 23.8 Å². The molecule has 3 atom stereocenters. The Kier molecular flexibility index (Phi) is 6.42. The normalized spacial score (nSPS) is 26.9. The number of halogens is 2. The third-order valence-corrected chi connectivity index (χ3v) is 5.18. The molecule has 3 rings (SSSR count). The molecule has 1 aromatic carbocycles. The maximum Gasteiger partial charge on any atom is 0.187 e. The van der Waals surface area contributed by atoms with Gasteiger partial charge in [-0.2, -0.15) is 0 Å². The molecular formula is C18H26F2N8O. The first-order chi connectivity index (χ1) is 13.8. The van der Waals surface area contributed by atoms with Gasteiger partial charge in [-0.1, -0.05) is 6.58 Å². The lowest BCUT2D eigenvalue weighted by Gasteiger charge is -2.39. The van der Waals surface area contributed by atoms with Gasteiger partial charge in [0.1, 0.15) is 17.7 Å². The summed E-state index contributed by atoms with van der Waals surface area (Å²) in [4.78, 5) is 8.30. The molecule has 2 aliphatic heterocycles. The molecule has 0 spiro atoms. The monoisotopic (exact) mass is 408 g/mol. The van der Waals surface area contributed by atoms with Crippen molar-refractivity contribution in [3.8, 4) is 0 Å². The van der Waals surface area contributed by atoms with E-state index in [4.69, 9.17) is 22.0 Å². The van der Waals surface area contributed by atoms with Crippen LogP contribution in [-0.4, -0.2) is 60.4 Å². The Morgan fingerprint density at radius 1 is 1.41 bits per heavy atom. The predicted octanol–water partition coefficient (Wildman–Crippen LogP) is -0.0253. The standard InChI is InChI=1S/C18H26F2N8O/c1-10-7-28(9-24-18(27(10)2)17(22)25-26-23)12-6-15(21)16(29-8-12)13-5-11(19)3-4-14(13)20/h3-5,12,15-16,26H,1,6-9,21,23H2,2H3,(H2,22,25)/t12?,15?,16-/m1/s1. The minimum absolute atomic E-state index is 0.0723. The second kappa shape index (κ2) is 8.82. The van der Waals surface area contributed by atoms with Crippen LogP contribution in [-0.2, 0) is 4.74 Å². The molecule has 7 N–H and O–H groups in total. The summed E-state index contributed by atoms with van der Waals surface area (Å²) in [7, 11) is 1.79. The number of likely N-dealkylation sites (N-methyl/N-ethyl adjacent to an activating group) is 1. The summed E-state index contributed by atoms with van der Waals surface area (Å²) in [6.07, 6.45) is -0.187. The van der Waals surface area contributed by atoms with E-state index in [1.165, 1.54) is 0 Å². The van der Waals surface area contributed by atoms with Gasteiger partial charge in [0.2, 0.25) is 0 Å². The molecule has 0 bridgehead atoms. The second-order valence-corrected chi connectivity index (χ2v) is 7.09. The Labute approximate surface area is 167 Å². The minimum Gasteiger partial charge on any atom is -0.379 e. The summed E-state index contributed by atoms with van der Waals surface area (Å²) >= 11 is 0. The summed E-state index contributed by atoms with van der Waals surface area (Å²) in [6.45, 7) is 5.19. The van der Waals surface area contributed by atoms with Crippen molar-refractivity contribution in [3.63, 3.8) is 0 Å². The number of hydrogen-bond donors (Lipinski definition) is 4. The number of rotatable bonds is 4. The van der Waals surface area contributed by atoms with Crippen molar-refractivity contribution < 1.29 is 13.5 Å². The highest BCUT2D eigenvalue weighted by Crippen LogP contribution is 2.31. The van der Waals surface area contributed by atoms with Crippen molar-refractivity contribution in [2.24, 2.45) is 27.4 Å². The number of benzene rings is 1. The fourth-order valence-electron chi connectivity index (χ4n) is 3.57. The Hall–Kier alpha value is -2.60. The lowest BCUT2D eigenvalue weighted by molar-refractivity contribution is -0.0494. The van der Waals surface area contributed by atoms with E-state index in [1.807, 2.05) is 4.90 Å². The number of ether oxygens (including phenoxy) is 1. The molecule has 0 aromatic heterocycles. The predicted molar refractivity (Wildman–Crippen MR) is 106 cm³/mol. The van der Waals surface area contributed by atoms with Crippen LogP contribution in [0.2, 0.25) is 0 Å². The summed E-state index contributed by atoms with van der Waals surface area (Å²) in [6, 6.07) is 2.71. The molecule has 158 valence electrons. The van der Waals surface area contributed by atoms with E-state index in [0.717, 1.165) is 23.9 Å². The molecule has 1 aromatic rings. The molecule has 29 heavy (non-hydrogen) atoms. The highest BCUT2D eigenvalue weighted by molar-refractivity contribution is 6.40. The molecule has 2 heterocycles. The Morgan fingerprint density at radius 3 is 2.86 bits per heavy atom. The lowest BCUT2D eigenvalue weighted by Crippen LogP contribution is -2.50. The van der Waals surface area contributed by atoms with Crippen molar-refractivity contribution in [1.29, 1.82) is 0 Å². The molecule has 0 saturated carbocycles. The lowest BCUT2D eigenvalue weighted by atomic mass is 9.93. The first-order valence-electron chi connectivity index (χ1n) is 9.13. The fourth-order valence-corrected chi connectivity index (χ4v) is 3.57. The van der Waals surface area contributed by atoms with Crippen LogP contribution in [0, 0.1) is 11.6 Å². The third kappa shape index (κ3) is 4.53.